The third kappa shape index (κ3) is 2.96. The van der Waals surface area contributed by atoms with E-state index in [2.05, 4.69) is 27.3 Å². The topological polar surface area (TPSA) is 54.2 Å². The van der Waals surface area contributed by atoms with E-state index in [0.29, 0.717) is 11.7 Å². The third-order valence-corrected chi connectivity index (χ3v) is 3.93. The lowest BCUT2D eigenvalue weighted by atomic mass is 10.1. The van der Waals surface area contributed by atoms with Crippen molar-refractivity contribution in [1.82, 2.24) is 20.4 Å². The van der Waals surface area contributed by atoms with Gasteiger partial charge in [0.1, 0.15) is 5.82 Å². The molecule has 5 nitrogen and oxygen atoms in total. The van der Waals surface area contributed by atoms with Crippen LogP contribution in [0.5, 0.6) is 0 Å². The van der Waals surface area contributed by atoms with E-state index in [-0.39, 0.29) is 11.9 Å². The smallest absolute Gasteiger partial charge is 0.258 e. The van der Waals surface area contributed by atoms with Gasteiger partial charge in [-0.05, 0) is 37.6 Å². The molecule has 112 valence electrons. The maximum absolute atomic E-state index is 13.2. The van der Waals surface area contributed by atoms with Gasteiger partial charge in [-0.15, -0.1) is 0 Å². The van der Waals surface area contributed by atoms with Gasteiger partial charge in [0, 0.05) is 31.7 Å². The molecular formula is C15H19FN4O. The average molecular weight is 290 g/mol. The molecule has 1 atom stereocenters. The van der Waals surface area contributed by atoms with Crippen molar-refractivity contribution in [3.63, 3.8) is 0 Å². The highest BCUT2D eigenvalue weighted by atomic mass is 19.1. The number of aryl methyl sites for hydroxylation is 1. The summed E-state index contributed by atoms with van der Waals surface area (Å²) in [5.74, 6) is 0.866. The second-order valence-corrected chi connectivity index (χ2v) is 5.38. The van der Waals surface area contributed by atoms with Crippen LogP contribution in [0.2, 0.25) is 0 Å². The van der Waals surface area contributed by atoms with Crippen molar-refractivity contribution in [2.45, 2.75) is 19.9 Å². The van der Waals surface area contributed by atoms with E-state index in [4.69, 9.17) is 4.52 Å². The number of piperazine rings is 1. The van der Waals surface area contributed by atoms with Crippen LogP contribution in [0.4, 0.5) is 4.39 Å². The Balaban J connectivity index is 1.82. The van der Waals surface area contributed by atoms with Crippen LogP contribution >= 0.6 is 0 Å². The molecule has 3 rings (SSSR count). The van der Waals surface area contributed by atoms with Gasteiger partial charge in [-0.3, -0.25) is 4.90 Å². The number of nitrogens with one attached hydrogen (secondary N) is 1. The minimum Gasteiger partial charge on any atom is -0.334 e. The van der Waals surface area contributed by atoms with Gasteiger partial charge in [-0.2, -0.15) is 4.98 Å². The van der Waals surface area contributed by atoms with E-state index in [0.717, 1.165) is 37.3 Å². The summed E-state index contributed by atoms with van der Waals surface area (Å²) in [5, 5.41) is 7.41. The van der Waals surface area contributed by atoms with Gasteiger partial charge in [-0.25, -0.2) is 4.39 Å². The summed E-state index contributed by atoms with van der Waals surface area (Å²) in [6, 6.07) is 4.67. The van der Waals surface area contributed by atoms with E-state index >= 15 is 0 Å². The number of rotatable bonds is 3. The predicted molar refractivity (Wildman–Crippen MR) is 77.3 cm³/mol. The Bertz CT molecular complexity index is 622. The number of halogens is 1. The van der Waals surface area contributed by atoms with Gasteiger partial charge >= 0.3 is 0 Å². The Kier molecular flexibility index (Phi) is 3.98. The maximum Gasteiger partial charge on any atom is 0.258 e. The summed E-state index contributed by atoms with van der Waals surface area (Å²) in [6.07, 6.45) is 0. The average Bonchev–Trinajstić information content (AvgIpc) is 2.97. The number of hydrogen-bond donors (Lipinski definition) is 1. The highest BCUT2D eigenvalue weighted by Crippen LogP contribution is 2.25. The number of aromatic nitrogens is 2. The summed E-state index contributed by atoms with van der Waals surface area (Å²) in [6.45, 7) is 7.82. The number of hydrogen-bond acceptors (Lipinski definition) is 5. The van der Waals surface area contributed by atoms with Crippen LogP contribution in [0.25, 0.3) is 11.5 Å². The zero-order valence-corrected chi connectivity index (χ0v) is 12.3. The monoisotopic (exact) mass is 290 g/mol. The van der Waals surface area contributed by atoms with Crippen molar-refractivity contribution in [2.24, 2.45) is 0 Å². The van der Waals surface area contributed by atoms with Crippen LogP contribution in [0.15, 0.2) is 22.7 Å². The Morgan fingerprint density at radius 3 is 2.81 bits per heavy atom. The van der Waals surface area contributed by atoms with Crippen molar-refractivity contribution >= 4 is 0 Å². The zero-order valence-electron chi connectivity index (χ0n) is 12.3. The molecule has 21 heavy (non-hydrogen) atoms. The van der Waals surface area contributed by atoms with Crippen LogP contribution in [-0.2, 0) is 0 Å². The van der Waals surface area contributed by atoms with Gasteiger partial charge in [-0.1, -0.05) is 5.16 Å². The summed E-state index contributed by atoms with van der Waals surface area (Å²) < 4.78 is 18.5. The molecule has 6 heteroatoms. The number of nitrogens with zero attached hydrogens (tertiary/aromatic N) is 3. The van der Waals surface area contributed by atoms with E-state index in [9.17, 15) is 4.39 Å². The number of benzene rings is 1. The normalized spacial score (nSPS) is 17.9. The first-order valence-electron chi connectivity index (χ1n) is 7.20. The molecule has 2 heterocycles. The quantitative estimate of drug-likeness (QED) is 0.938. The van der Waals surface area contributed by atoms with E-state index in [1.165, 1.54) is 12.1 Å². The van der Waals surface area contributed by atoms with Gasteiger partial charge in [0.15, 0.2) is 5.82 Å². The fraction of sp³-hybridized carbons (Fsp3) is 0.467. The lowest BCUT2D eigenvalue weighted by Gasteiger charge is -2.30. The van der Waals surface area contributed by atoms with Gasteiger partial charge in [0.05, 0.1) is 6.04 Å². The first kappa shape index (κ1) is 14.2. The predicted octanol–water partition coefficient (Wildman–Crippen LogP) is 2.15. The fourth-order valence-corrected chi connectivity index (χ4v) is 2.61. The van der Waals surface area contributed by atoms with Gasteiger partial charge in [0.2, 0.25) is 0 Å². The minimum atomic E-state index is -0.259. The molecule has 1 aromatic heterocycles. The van der Waals surface area contributed by atoms with E-state index < -0.39 is 0 Å². The van der Waals surface area contributed by atoms with E-state index in [1.54, 1.807) is 6.07 Å². The van der Waals surface area contributed by atoms with Crippen molar-refractivity contribution in [2.75, 3.05) is 26.2 Å². The molecule has 2 aromatic rings. The highest BCUT2D eigenvalue weighted by Gasteiger charge is 2.23. The Morgan fingerprint density at radius 1 is 1.33 bits per heavy atom. The molecule has 1 fully saturated rings. The molecule has 1 saturated heterocycles. The standard InChI is InChI=1S/C15H19FN4O/c1-10-9-12(16)3-4-13(10)15-18-14(19-21-15)11(2)20-7-5-17-6-8-20/h3-4,9,11,17H,5-8H2,1-2H3. The van der Waals surface area contributed by atoms with Crippen molar-refractivity contribution < 1.29 is 8.91 Å². The van der Waals surface area contributed by atoms with Gasteiger partial charge in [0.25, 0.3) is 5.89 Å². The van der Waals surface area contributed by atoms with Gasteiger partial charge < -0.3 is 9.84 Å². The van der Waals surface area contributed by atoms with Crippen LogP contribution < -0.4 is 5.32 Å². The molecule has 0 spiro atoms. The molecule has 1 N–H and O–H groups in total. The molecule has 1 unspecified atom stereocenters. The highest BCUT2D eigenvalue weighted by molar-refractivity contribution is 5.57. The third-order valence-electron chi connectivity index (χ3n) is 3.93. The second-order valence-electron chi connectivity index (χ2n) is 5.38. The summed E-state index contributed by atoms with van der Waals surface area (Å²) in [4.78, 5) is 6.81. The summed E-state index contributed by atoms with van der Waals surface area (Å²) >= 11 is 0. The largest absolute Gasteiger partial charge is 0.334 e. The molecule has 1 aromatic carbocycles. The Labute approximate surface area is 123 Å². The maximum atomic E-state index is 13.2. The zero-order chi connectivity index (χ0) is 14.8. The first-order chi connectivity index (χ1) is 10.1. The molecule has 0 aliphatic carbocycles. The van der Waals surface area contributed by atoms with Crippen LogP contribution in [-0.4, -0.2) is 41.2 Å². The molecule has 1 aliphatic rings. The fourth-order valence-electron chi connectivity index (χ4n) is 2.61. The van der Waals surface area contributed by atoms with Crippen molar-refractivity contribution in [3.05, 3.63) is 35.4 Å². The van der Waals surface area contributed by atoms with Crippen molar-refractivity contribution in [1.29, 1.82) is 0 Å². The molecule has 0 amide bonds. The lowest BCUT2D eigenvalue weighted by molar-refractivity contribution is 0.176. The Hall–Kier alpha value is -1.79. The SMILES string of the molecule is Cc1cc(F)ccc1-c1nc(C(C)N2CCNCC2)no1. The van der Waals surface area contributed by atoms with Crippen molar-refractivity contribution in [3.8, 4) is 11.5 Å². The van der Waals surface area contributed by atoms with Crippen LogP contribution in [0.3, 0.4) is 0 Å². The van der Waals surface area contributed by atoms with Crippen LogP contribution in [0.1, 0.15) is 24.4 Å². The summed E-state index contributed by atoms with van der Waals surface area (Å²) in [7, 11) is 0. The molecule has 0 bridgehead atoms. The van der Waals surface area contributed by atoms with E-state index in [1.807, 2.05) is 6.92 Å². The lowest BCUT2D eigenvalue weighted by Crippen LogP contribution is -2.44. The minimum absolute atomic E-state index is 0.116. The second kappa shape index (κ2) is 5.91. The van der Waals surface area contributed by atoms with Crippen LogP contribution in [0, 0.1) is 12.7 Å². The molecular weight excluding hydrogens is 271 g/mol. The molecule has 1 aliphatic heterocycles. The molecule has 0 radical (unpaired) electrons. The molecule has 0 saturated carbocycles. The Morgan fingerprint density at radius 2 is 2.10 bits per heavy atom. The summed E-state index contributed by atoms with van der Waals surface area (Å²) in [5.41, 5.74) is 1.57. The first-order valence-corrected chi connectivity index (χ1v) is 7.20.